The van der Waals surface area contributed by atoms with Crippen LogP contribution in [0.5, 0.6) is 5.75 Å². The number of rotatable bonds is 7. The van der Waals surface area contributed by atoms with E-state index < -0.39 is 10.0 Å². The number of hydrogen-bond acceptors (Lipinski definition) is 7. The molecule has 27 heavy (non-hydrogen) atoms. The minimum absolute atomic E-state index is 0.180. The maximum atomic E-state index is 12.6. The number of nitrogens with zero attached hydrogens (tertiary/aromatic N) is 2. The molecule has 0 bridgehead atoms. The third-order valence-electron chi connectivity index (χ3n) is 4.55. The van der Waals surface area contributed by atoms with Crippen molar-refractivity contribution >= 4 is 21.4 Å². The minimum Gasteiger partial charge on any atom is -0.497 e. The van der Waals surface area contributed by atoms with Crippen molar-refractivity contribution in [2.75, 3.05) is 7.11 Å². The van der Waals surface area contributed by atoms with Crippen LogP contribution in [0.15, 0.2) is 45.0 Å². The smallest absolute Gasteiger partial charge is 0.257 e. The fraction of sp³-hybridized carbons (Fsp3) is 0.333. The van der Waals surface area contributed by atoms with Crippen LogP contribution in [-0.4, -0.2) is 25.7 Å². The SMILES string of the molecule is COc1cccc(CNS(=O)(=O)c2ccc(-c3nnc(C4CCC4)o3)s2)c1. The van der Waals surface area contributed by atoms with Gasteiger partial charge in [-0.1, -0.05) is 18.6 Å². The second-order valence-electron chi connectivity index (χ2n) is 6.37. The van der Waals surface area contributed by atoms with Crippen molar-refractivity contribution in [1.82, 2.24) is 14.9 Å². The van der Waals surface area contributed by atoms with Crippen molar-refractivity contribution in [3.05, 3.63) is 47.9 Å². The van der Waals surface area contributed by atoms with E-state index in [1.807, 2.05) is 18.2 Å². The summed E-state index contributed by atoms with van der Waals surface area (Å²) < 4.78 is 38.8. The summed E-state index contributed by atoms with van der Waals surface area (Å²) in [6.07, 6.45) is 3.32. The van der Waals surface area contributed by atoms with E-state index in [0.717, 1.165) is 29.7 Å². The molecule has 1 aliphatic rings. The van der Waals surface area contributed by atoms with Gasteiger partial charge in [0.1, 0.15) is 9.96 Å². The van der Waals surface area contributed by atoms with E-state index >= 15 is 0 Å². The van der Waals surface area contributed by atoms with Crippen LogP contribution in [0.2, 0.25) is 0 Å². The molecule has 0 amide bonds. The normalized spacial score (nSPS) is 14.9. The van der Waals surface area contributed by atoms with Gasteiger partial charge in [0.25, 0.3) is 5.89 Å². The lowest BCUT2D eigenvalue weighted by atomic mass is 9.85. The van der Waals surface area contributed by atoms with Gasteiger partial charge in [-0.3, -0.25) is 0 Å². The molecule has 1 aliphatic carbocycles. The first kappa shape index (κ1) is 18.1. The molecule has 0 radical (unpaired) electrons. The molecular weight excluding hydrogens is 386 g/mol. The van der Waals surface area contributed by atoms with Gasteiger partial charge in [-0.2, -0.15) is 0 Å². The lowest BCUT2D eigenvalue weighted by Gasteiger charge is -2.20. The molecule has 3 aromatic rings. The van der Waals surface area contributed by atoms with Gasteiger partial charge in [-0.25, -0.2) is 13.1 Å². The monoisotopic (exact) mass is 405 g/mol. The van der Waals surface area contributed by atoms with Crippen LogP contribution in [0.4, 0.5) is 0 Å². The zero-order valence-corrected chi connectivity index (χ0v) is 16.3. The van der Waals surface area contributed by atoms with Crippen molar-refractivity contribution in [2.45, 2.75) is 35.9 Å². The molecule has 7 nitrogen and oxygen atoms in total. The molecule has 1 N–H and O–H groups in total. The number of sulfonamides is 1. The highest BCUT2D eigenvalue weighted by Crippen LogP contribution is 2.37. The predicted octanol–water partition coefficient (Wildman–Crippen LogP) is 3.55. The van der Waals surface area contributed by atoms with E-state index in [-0.39, 0.29) is 10.8 Å². The summed E-state index contributed by atoms with van der Waals surface area (Å²) in [4.78, 5) is 0.648. The van der Waals surface area contributed by atoms with Crippen LogP contribution >= 0.6 is 11.3 Å². The number of hydrogen-bond donors (Lipinski definition) is 1. The van der Waals surface area contributed by atoms with Crippen molar-refractivity contribution in [3.63, 3.8) is 0 Å². The van der Waals surface area contributed by atoms with Crippen LogP contribution in [0.25, 0.3) is 10.8 Å². The van der Waals surface area contributed by atoms with E-state index in [1.54, 1.807) is 25.3 Å². The molecule has 0 spiro atoms. The maximum Gasteiger partial charge on any atom is 0.257 e. The fourth-order valence-corrected chi connectivity index (χ4v) is 5.06. The van der Waals surface area contributed by atoms with Gasteiger partial charge >= 0.3 is 0 Å². The second kappa shape index (κ2) is 7.41. The molecule has 1 saturated carbocycles. The van der Waals surface area contributed by atoms with Crippen molar-refractivity contribution in [2.24, 2.45) is 0 Å². The Morgan fingerprint density at radius 1 is 1.26 bits per heavy atom. The van der Waals surface area contributed by atoms with Crippen molar-refractivity contribution < 1.29 is 17.6 Å². The molecule has 0 atom stereocenters. The summed E-state index contributed by atoms with van der Waals surface area (Å²) in [5.74, 6) is 2.05. The Bertz CT molecular complexity index is 1040. The van der Waals surface area contributed by atoms with Gasteiger partial charge < -0.3 is 9.15 Å². The van der Waals surface area contributed by atoms with Gasteiger partial charge in [0, 0.05) is 12.5 Å². The highest BCUT2D eigenvalue weighted by atomic mass is 32.2. The number of aromatic nitrogens is 2. The number of benzene rings is 1. The topological polar surface area (TPSA) is 94.3 Å². The van der Waals surface area contributed by atoms with Gasteiger partial charge in [0.15, 0.2) is 0 Å². The molecule has 1 fully saturated rings. The standard InChI is InChI=1S/C18H19N3O4S2/c1-24-14-7-2-4-12(10-14)11-19-27(22,23)16-9-8-15(26-16)18-21-20-17(25-18)13-5-3-6-13/h2,4,7-10,13,19H,3,5-6,11H2,1H3. The Morgan fingerprint density at radius 3 is 2.85 bits per heavy atom. The van der Waals surface area contributed by atoms with Gasteiger partial charge in [0.05, 0.1) is 12.0 Å². The quantitative estimate of drug-likeness (QED) is 0.646. The summed E-state index contributed by atoms with van der Waals surface area (Å²) in [6, 6.07) is 10.5. The summed E-state index contributed by atoms with van der Waals surface area (Å²) in [5.41, 5.74) is 0.816. The first-order valence-corrected chi connectivity index (χ1v) is 10.9. The molecule has 2 heterocycles. The average molecular weight is 406 g/mol. The van der Waals surface area contributed by atoms with E-state index in [0.29, 0.717) is 28.3 Å². The Kier molecular flexibility index (Phi) is 4.98. The van der Waals surface area contributed by atoms with Crippen LogP contribution in [-0.2, 0) is 16.6 Å². The zero-order chi connectivity index (χ0) is 18.9. The molecule has 1 aromatic carbocycles. The Hall–Kier alpha value is -2.23. The minimum atomic E-state index is -3.63. The van der Waals surface area contributed by atoms with Gasteiger partial charge in [-0.05, 0) is 42.7 Å². The highest BCUT2D eigenvalue weighted by Gasteiger charge is 2.26. The van der Waals surface area contributed by atoms with E-state index in [2.05, 4.69) is 14.9 Å². The number of methoxy groups -OCH3 is 1. The number of ether oxygens (including phenoxy) is 1. The fourth-order valence-electron chi connectivity index (χ4n) is 2.77. The molecule has 2 aromatic heterocycles. The lowest BCUT2D eigenvalue weighted by molar-refractivity contribution is 0.338. The maximum absolute atomic E-state index is 12.6. The van der Waals surface area contributed by atoms with Crippen LogP contribution in [0.3, 0.4) is 0 Å². The molecule has 9 heteroatoms. The van der Waals surface area contributed by atoms with Crippen LogP contribution < -0.4 is 9.46 Å². The predicted molar refractivity (Wildman–Crippen MR) is 101 cm³/mol. The van der Waals surface area contributed by atoms with Crippen molar-refractivity contribution in [3.8, 4) is 16.5 Å². The van der Waals surface area contributed by atoms with Crippen molar-refractivity contribution in [1.29, 1.82) is 0 Å². The Morgan fingerprint density at radius 2 is 2.11 bits per heavy atom. The molecule has 4 rings (SSSR count). The largest absolute Gasteiger partial charge is 0.497 e. The second-order valence-corrected chi connectivity index (χ2v) is 9.45. The van der Waals surface area contributed by atoms with E-state index in [4.69, 9.17) is 9.15 Å². The van der Waals surface area contributed by atoms with E-state index in [9.17, 15) is 8.42 Å². The average Bonchev–Trinajstić information content (AvgIpc) is 3.28. The number of thiophene rings is 1. The third kappa shape index (κ3) is 3.90. The summed E-state index contributed by atoms with van der Waals surface area (Å²) in [6.45, 7) is 0.180. The van der Waals surface area contributed by atoms with Crippen LogP contribution in [0.1, 0.15) is 36.6 Å². The third-order valence-corrected chi connectivity index (χ3v) is 7.52. The van der Waals surface area contributed by atoms with Crippen LogP contribution in [0, 0.1) is 0 Å². The lowest BCUT2D eigenvalue weighted by Crippen LogP contribution is -2.22. The summed E-state index contributed by atoms with van der Waals surface area (Å²) in [5, 5.41) is 8.15. The molecule has 0 saturated heterocycles. The highest BCUT2D eigenvalue weighted by molar-refractivity contribution is 7.91. The Labute approximate surface area is 161 Å². The first-order chi connectivity index (χ1) is 13.0. The number of nitrogens with one attached hydrogen (secondary N) is 1. The Balaban J connectivity index is 1.46. The van der Waals surface area contributed by atoms with Gasteiger partial charge in [0.2, 0.25) is 15.9 Å². The molecule has 0 aliphatic heterocycles. The zero-order valence-electron chi connectivity index (χ0n) is 14.7. The molecule has 142 valence electrons. The van der Waals surface area contributed by atoms with E-state index in [1.165, 1.54) is 6.42 Å². The summed E-state index contributed by atoms with van der Waals surface area (Å²) in [7, 11) is -2.06. The molecule has 0 unspecified atom stereocenters. The first-order valence-electron chi connectivity index (χ1n) is 8.61. The summed E-state index contributed by atoms with van der Waals surface area (Å²) >= 11 is 1.11. The van der Waals surface area contributed by atoms with Gasteiger partial charge in [-0.15, -0.1) is 21.5 Å². The molecular formula is C18H19N3O4S2.